The fourth-order valence-electron chi connectivity index (χ4n) is 1.88. The molecule has 0 radical (unpaired) electrons. The third-order valence-electron chi connectivity index (χ3n) is 2.96. The van der Waals surface area contributed by atoms with Crippen LogP contribution >= 0.6 is 27.7 Å². The van der Waals surface area contributed by atoms with Gasteiger partial charge in [0.15, 0.2) is 0 Å². The van der Waals surface area contributed by atoms with Crippen molar-refractivity contribution < 1.29 is 19.5 Å². The van der Waals surface area contributed by atoms with E-state index in [0.717, 1.165) is 14.3 Å². The predicted molar refractivity (Wildman–Crippen MR) is 81.0 cm³/mol. The normalized spacial score (nSPS) is 18.2. The Morgan fingerprint density at radius 2 is 2.05 bits per heavy atom. The van der Waals surface area contributed by atoms with Crippen molar-refractivity contribution in [2.75, 3.05) is 18.8 Å². The SMILES string of the molecule is O=C1CN(C(=O)CSc2ccc(Br)cc2)C(C(=O)O)CN1. The summed E-state index contributed by atoms with van der Waals surface area (Å²) in [7, 11) is 0. The number of nitrogens with zero attached hydrogens (tertiary/aromatic N) is 1. The van der Waals surface area contributed by atoms with Crippen molar-refractivity contribution in [1.29, 1.82) is 0 Å². The minimum absolute atomic E-state index is 0.0527. The van der Waals surface area contributed by atoms with Crippen LogP contribution in [0.2, 0.25) is 0 Å². The number of thioether (sulfide) groups is 1. The Labute approximate surface area is 134 Å². The molecule has 1 aliphatic heterocycles. The number of carbonyl (C=O) groups is 3. The first-order valence-corrected chi connectivity index (χ1v) is 7.92. The molecule has 1 aromatic carbocycles. The van der Waals surface area contributed by atoms with Gasteiger partial charge in [-0.05, 0) is 24.3 Å². The quantitative estimate of drug-likeness (QED) is 0.768. The number of carbonyl (C=O) groups excluding carboxylic acids is 2. The molecule has 0 spiro atoms. The predicted octanol–water partition coefficient (Wildman–Crippen LogP) is 0.953. The molecule has 6 nitrogen and oxygen atoms in total. The average Bonchev–Trinajstić information content (AvgIpc) is 2.46. The molecular formula is C13H13BrN2O4S. The minimum atomic E-state index is -1.11. The summed E-state index contributed by atoms with van der Waals surface area (Å²) in [4.78, 5) is 36.7. The van der Waals surface area contributed by atoms with Gasteiger partial charge >= 0.3 is 5.97 Å². The van der Waals surface area contributed by atoms with Crippen molar-refractivity contribution in [2.24, 2.45) is 0 Å². The zero-order valence-corrected chi connectivity index (χ0v) is 13.3. The molecule has 0 aliphatic carbocycles. The van der Waals surface area contributed by atoms with Crippen LogP contribution in [-0.2, 0) is 14.4 Å². The average molecular weight is 373 g/mol. The van der Waals surface area contributed by atoms with E-state index in [1.54, 1.807) is 0 Å². The third-order valence-corrected chi connectivity index (χ3v) is 4.49. The van der Waals surface area contributed by atoms with E-state index in [-0.39, 0.29) is 30.7 Å². The van der Waals surface area contributed by atoms with Gasteiger partial charge in [0.1, 0.15) is 12.6 Å². The number of carboxylic acids is 1. The lowest BCUT2D eigenvalue weighted by Gasteiger charge is -2.32. The topological polar surface area (TPSA) is 86.7 Å². The molecule has 2 amide bonds. The number of piperazine rings is 1. The molecule has 0 bridgehead atoms. The summed E-state index contributed by atoms with van der Waals surface area (Å²) in [6.07, 6.45) is 0. The molecule has 1 aromatic rings. The number of benzene rings is 1. The maximum absolute atomic E-state index is 12.2. The van der Waals surface area contributed by atoms with Crippen LogP contribution in [0.25, 0.3) is 0 Å². The summed E-state index contributed by atoms with van der Waals surface area (Å²) in [5, 5.41) is 11.6. The van der Waals surface area contributed by atoms with Crippen molar-refractivity contribution in [1.82, 2.24) is 10.2 Å². The van der Waals surface area contributed by atoms with Gasteiger partial charge in [-0.1, -0.05) is 15.9 Å². The van der Waals surface area contributed by atoms with E-state index < -0.39 is 12.0 Å². The summed E-state index contributed by atoms with van der Waals surface area (Å²) >= 11 is 4.63. The van der Waals surface area contributed by atoms with Crippen LogP contribution in [0.15, 0.2) is 33.6 Å². The van der Waals surface area contributed by atoms with E-state index in [1.807, 2.05) is 24.3 Å². The van der Waals surface area contributed by atoms with Gasteiger partial charge in [0.05, 0.1) is 5.75 Å². The number of amides is 2. The number of carboxylic acid groups (broad SMARTS) is 1. The fourth-order valence-corrected chi connectivity index (χ4v) is 2.93. The first kappa shape index (κ1) is 15.8. The maximum Gasteiger partial charge on any atom is 0.328 e. The molecular weight excluding hydrogens is 360 g/mol. The van der Waals surface area contributed by atoms with E-state index in [1.165, 1.54) is 11.8 Å². The van der Waals surface area contributed by atoms with Crippen LogP contribution in [0.1, 0.15) is 0 Å². The van der Waals surface area contributed by atoms with Gasteiger partial charge in [0.2, 0.25) is 11.8 Å². The number of hydrogen-bond donors (Lipinski definition) is 2. The number of halogens is 1. The minimum Gasteiger partial charge on any atom is -0.480 e. The van der Waals surface area contributed by atoms with Gasteiger partial charge in [-0.3, -0.25) is 9.59 Å². The Balaban J connectivity index is 1.98. The largest absolute Gasteiger partial charge is 0.480 e. The molecule has 1 aliphatic rings. The summed E-state index contributed by atoms with van der Waals surface area (Å²) < 4.78 is 0.941. The molecule has 2 rings (SSSR count). The van der Waals surface area contributed by atoms with Crippen molar-refractivity contribution >= 4 is 45.5 Å². The third kappa shape index (κ3) is 4.21. The van der Waals surface area contributed by atoms with Crippen LogP contribution in [0.3, 0.4) is 0 Å². The van der Waals surface area contributed by atoms with Crippen LogP contribution in [0.4, 0.5) is 0 Å². The first-order chi connectivity index (χ1) is 9.97. The Bertz CT molecular complexity index is 564. The van der Waals surface area contributed by atoms with Gasteiger partial charge in [0.25, 0.3) is 0 Å². The summed E-state index contributed by atoms with van der Waals surface area (Å²) in [6, 6.07) is 6.45. The molecule has 2 N–H and O–H groups in total. The number of nitrogens with one attached hydrogen (secondary N) is 1. The van der Waals surface area contributed by atoms with Gasteiger partial charge in [-0.25, -0.2) is 4.79 Å². The second-order valence-electron chi connectivity index (χ2n) is 4.42. The van der Waals surface area contributed by atoms with E-state index in [0.29, 0.717) is 0 Å². The van der Waals surface area contributed by atoms with Crippen LogP contribution in [0.5, 0.6) is 0 Å². The first-order valence-electron chi connectivity index (χ1n) is 6.14. The maximum atomic E-state index is 12.2. The molecule has 1 atom stereocenters. The highest BCUT2D eigenvalue weighted by Gasteiger charge is 2.34. The van der Waals surface area contributed by atoms with Crippen molar-refractivity contribution in [3.63, 3.8) is 0 Å². The Hall–Kier alpha value is -1.54. The lowest BCUT2D eigenvalue weighted by Crippen LogP contribution is -2.59. The second kappa shape index (κ2) is 6.95. The van der Waals surface area contributed by atoms with Gasteiger partial charge < -0.3 is 15.3 Å². The second-order valence-corrected chi connectivity index (χ2v) is 6.39. The van der Waals surface area contributed by atoms with E-state index in [4.69, 9.17) is 5.11 Å². The lowest BCUT2D eigenvalue weighted by atomic mass is 10.2. The van der Waals surface area contributed by atoms with Crippen LogP contribution in [0, 0.1) is 0 Å². The molecule has 1 saturated heterocycles. The summed E-state index contributed by atoms with van der Waals surface area (Å²) in [5.74, 6) is -1.71. The standard InChI is InChI=1S/C13H13BrN2O4S/c14-8-1-3-9(4-2-8)21-7-12(18)16-6-11(17)15-5-10(16)13(19)20/h1-4,10H,5-7H2,(H,15,17)(H,19,20). The number of aliphatic carboxylic acids is 1. The van der Waals surface area contributed by atoms with Gasteiger partial charge in [0, 0.05) is 15.9 Å². The fraction of sp³-hybridized carbons (Fsp3) is 0.308. The summed E-state index contributed by atoms with van der Waals surface area (Å²) in [5.41, 5.74) is 0. The smallest absolute Gasteiger partial charge is 0.328 e. The van der Waals surface area contributed by atoms with E-state index >= 15 is 0 Å². The van der Waals surface area contributed by atoms with Crippen molar-refractivity contribution in [2.45, 2.75) is 10.9 Å². The molecule has 1 unspecified atom stereocenters. The zero-order chi connectivity index (χ0) is 15.4. The van der Waals surface area contributed by atoms with E-state index in [9.17, 15) is 14.4 Å². The molecule has 8 heteroatoms. The Kier molecular flexibility index (Phi) is 5.24. The molecule has 112 valence electrons. The van der Waals surface area contributed by atoms with Gasteiger partial charge in [-0.2, -0.15) is 0 Å². The van der Waals surface area contributed by atoms with E-state index in [2.05, 4.69) is 21.2 Å². The van der Waals surface area contributed by atoms with Crippen molar-refractivity contribution in [3.8, 4) is 0 Å². The molecule has 0 aromatic heterocycles. The summed E-state index contributed by atoms with van der Waals surface area (Å²) in [6.45, 7) is -0.264. The number of rotatable bonds is 4. The Morgan fingerprint density at radius 3 is 2.67 bits per heavy atom. The molecule has 21 heavy (non-hydrogen) atoms. The highest BCUT2D eigenvalue weighted by Crippen LogP contribution is 2.21. The zero-order valence-electron chi connectivity index (χ0n) is 10.9. The van der Waals surface area contributed by atoms with Crippen LogP contribution in [-0.4, -0.2) is 52.7 Å². The molecule has 1 heterocycles. The molecule has 0 saturated carbocycles. The highest BCUT2D eigenvalue weighted by molar-refractivity contribution is 9.10. The van der Waals surface area contributed by atoms with Gasteiger partial charge in [-0.15, -0.1) is 11.8 Å². The Morgan fingerprint density at radius 1 is 1.38 bits per heavy atom. The lowest BCUT2D eigenvalue weighted by molar-refractivity contribution is -0.152. The monoisotopic (exact) mass is 372 g/mol. The number of hydrogen-bond acceptors (Lipinski definition) is 4. The van der Waals surface area contributed by atoms with Crippen LogP contribution < -0.4 is 5.32 Å². The molecule has 1 fully saturated rings. The highest BCUT2D eigenvalue weighted by atomic mass is 79.9. The van der Waals surface area contributed by atoms with Crippen molar-refractivity contribution in [3.05, 3.63) is 28.7 Å².